The van der Waals surface area contributed by atoms with E-state index in [0.717, 1.165) is 12.0 Å². The van der Waals surface area contributed by atoms with Crippen LogP contribution in [0.4, 0.5) is 0 Å². The van der Waals surface area contributed by atoms with Crippen LogP contribution in [0.3, 0.4) is 0 Å². The van der Waals surface area contributed by atoms with Crippen molar-refractivity contribution in [2.75, 3.05) is 7.11 Å². The lowest BCUT2D eigenvalue weighted by molar-refractivity contribution is 0.215. The van der Waals surface area contributed by atoms with Gasteiger partial charge in [0.2, 0.25) is 0 Å². The van der Waals surface area contributed by atoms with Crippen molar-refractivity contribution in [1.82, 2.24) is 0 Å². The molecule has 1 aliphatic carbocycles. The second-order valence-electron chi connectivity index (χ2n) is 6.44. The Morgan fingerprint density at radius 2 is 1.52 bits per heavy atom. The van der Waals surface area contributed by atoms with E-state index in [1.807, 2.05) is 6.21 Å². The van der Waals surface area contributed by atoms with Gasteiger partial charge in [-0.15, -0.1) is 0 Å². The van der Waals surface area contributed by atoms with E-state index in [1.54, 1.807) is 7.11 Å². The van der Waals surface area contributed by atoms with Crippen molar-refractivity contribution < 1.29 is 4.84 Å². The molecule has 2 heteroatoms. The highest BCUT2D eigenvalue weighted by Gasteiger charge is 2.35. The number of rotatable bonds is 4. The summed E-state index contributed by atoms with van der Waals surface area (Å²) in [5.41, 5.74) is 6.69. The van der Waals surface area contributed by atoms with E-state index in [-0.39, 0.29) is 0 Å². The van der Waals surface area contributed by atoms with Gasteiger partial charge in [0.15, 0.2) is 0 Å². The maximum atomic E-state index is 4.91. The molecule has 0 radical (unpaired) electrons. The molecule has 0 amide bonds. The molecule has 0 fully saturated rings. The highest BCUT2D eigenvalue weighted by Crippen LogP contribution is 2.48. The van der Waals surface area contributed by atoms with Crippen LogP contribution in [0, 0.1) is 0 Å². The number of benzene rings is 3. The van der Waals surface area contributed by atoms with Gasteiger partial charge in [-0.2, -0.15) is 0 Å². The van der Waals surface area contributed by atoms with Gasteiger partial charge in [0, 0.05) is 5.92 Å². The number of oxime groups is 1. The zero-order valence-electron chi connectivity index (χ0n) is 14.3. The maximum Gasteiger partial charge on any atom is 0.106 e. The predicted octanol–water partition coefficient (Wildman–Crippen LogP) is 5.14. The van der Waals surface area contributed by atoms with Crippen LogP contribution in [-0.2, 0) is 11.3 Å². The highest BCUT2D eigenvalue weighted by atomic mass is 16.6. The Morgan fingerprint density at radius 1 is 0.840 bits per heavy atom. The van der Waals surface area contributed by atoms with E-state index in [4.69, 9.17) is 4.84 Å². The summed E-state index contributed by atoms with van der Waals surface area (Å²) in [6.45, 7) is 0. The molecule has 2 atom stereocenters. The van der Waals surface area contributed by atoms with Gasteiger partial charge < -0.3 is 4.84 Å². The van der Waals surface area contributed by atoms with E-state index in [1.165, 1.54) is 22.3 Å². The quantitative estimate of drug-likeness (QED) is 0.480. The molecule has 0 spiro atoms. The van der Waals surface area contributed by atoms with Gasteiger partial charge in [0.1, 0.15) is 7.11 Å². The van der Waals surface area contributed by atoms with Gasteiger partial charge in [0.25, 0.3) is 0 Å². The minimum atomic E-state index is 0.332. The topological polar surface area (TPSA) is 21.6 Å². The predicted molar refractivity (Wildman–Crippen MR) is 102 cm³/mol. The van der Waals surface area contributed by atoms with Crippen molar-refractivity contribution >= 4 is 6.21 Å². The summed E-state index contributed by atoms with van der Waals surface area (Å²) in [5.74, 6) is 0.772. The molecule has 0 aliphatic heterocycles. The Balaban J connectivity index is 1.86. The summed E-state index contributed by atoms with van der Waals surface area (Å²) in [6, 6.07) is 28.2. The summed E-state index contributed by atoms with van der Waals surface area (Å²) >= 11 is 0. The van der Waals surface area contributed by atoms with E-state index >= 15 is 0 Å². The summed E-state index contributed by atoms with van der Waals surface area (Å²) < 4.78 is 0. The van der Waals surface area contributed by atoms with Gasteiger partial charge in [-0.3, -0.25) is 0 Å². The van der Waals surface area contributed by atoms with Crippen molar-refractivity contribution in [1.29, 1.82) is 0 Å². The van der Waals surface area contributed by atoms with Gasteiger partial charge >= 0.3 is 0 Å². The third kappa shape index (κ3) is 2.96. The fourth-order valence-electron chi connectivity index (χ4n) is 4.01. The fourth-order valence-corrected chi connectivity index (χ4v) is 4.01. The summed E-state index contributed by atoms with van der Waals surface area (Å²) in [5, 5.41) is 4.00. The first kappa shape index (κ1) is 15.6. The normalized spacial score (nSPS) is 19.1. The molecule has 3 aromatic rings. The Morgan fingerprint density at radius 3 is 2.32 bits per heavy atom. The SMILES string of the molecule is CON=Cc1ccccc1C1c2ccccc2CC1c1ccccc1. The molecule has 0 bridgehead atoms. The smallest absolute Gasteiger partial charge is 0.106 e. The first-order valence-electron chi connectivity index (χ1n) is 8.66. The van der Waals surface area contributed by atoms with Crippen molar-refractivity contribution in [2.24, 2.45) is 5.16 Å². The van der Waals surface area contributed by atoms with Crippen molar-refractivity contribution in [3.63, 3.8) is 0 Å². The Kier molecular flexibility index (Phi) is 4.34. The maximum absolute atomic E-state index is 4.91. The highest BCUT2D eigenvalue weighted by molar-refractivity contribution is 5.82. The molecule has 0 heterocycles. The van der Waals surface area contributed by atoms with Gasteiger partial charge in [-0.05, 0) is 40.2 Å². The lowest BCUT2D eigenvalue weighted by Gasteiger charge is -2.23. The molecule has 2 nitrogen and oxygen atoms in total. The molecule has 4 rings (SSSR count). The van der Waals surface area contributed by atoms with Crippen LogP contribution >= 0.6 is 0 Å². The third-order valence-electron chi connectivity index (χ3n) is 5.09. The molecular weight excluding hydrogens is 306 g/mol. The van der Waals surface area contributed by atoms with Gasteiger partial charge in [-0.25, -0.2) is 0 Å². The molecule has 3 aromatic carbocycles. The number of hydrogen-bond donors (Lipinski definition) is 0. The van der Waals surface area contributed by atoms with Crippen LogP contribution in [0.15, 0.2) is 84.0 Å². The lowest BCUT2D eigenvalue weighted by Crippen LogP contribution is -2.10. The molecule has 0 saturated heterocycles. The zero-order valence-corrected chi connectivity index (χ0v) is 14.3. The van der Waals surface area contributed by atoms with Crippen LogP contribution in [0.5, 0.6) is 0 Å². The Labute approximate surface area is 148 Å². The van der Waals surface area contributed by atoms with E-state index < -0.39 is 0 Å². The average Bonchev–Trinajstić information content (AvgIpc) is 3.07. The molecule has 1 aliphatic rings. The molecule has 2 unspecified atom stereocenters. The molecule has 0 N–H and O–H groups in total. The minimum Gasteiger partial charge on any atom is -0.399 e. The average molecular weight is 327 g/mol. The van der Waals surface area contributed by atoms with E-state index in [0.29, 0.717) is 11.8 Å². The monoisotopic (exact) mass is 327 g/mol. The van der Waals surface area contributed by atoms with Gasteiger partial charge in [-0.1, -0.05) is 84.0 Å². The zero-order chi connectivity index (χ0) is 17.1. The Hall–Kier alpha value is -2.87. The minimum absolute atomic E-state index is 0.332. The standard InChI is InChI=1S/C23H21NO/c1-25-24-16-19-12-6-8-14-21(19)23-20-13-7-5-11-18(20)15-22(23)17-9-3-2-4-10-17/h2-14,16,22-23H,15H2,1H3. The number of hydrogen-bond acceptors (Lipinski definition) is 2. The lowest BCUT2D eigenvalue weighted by atomic mass is 9.80. The Bertz CT molecular complexity index is 885. The summed E-state index contributed by atoms with van der Waals surface area (Å²) in [4.78, 5) is 4.91. The molecule has 124 valence electrons. The van der Waals surface area contributed by atoms with Crippen LogP contribution in [0.2, 0.25) is 0 Å². The fraction of sp³-hybridized carbons (Fsp3) is 0.174. The second-order valence-corrected chi connectivity index (χ2v) is 6.44. The van der Waals surface area contributed by atoms with Crippen LogP contribution in [0.25, 0.3) is 0 Å². The molecule has 0 aromatic heterocycles. The van der Waals surface area contributed by atoms with E-state index in [9.17, 15) is 0 Å². The largest absolute Gasteiger partial charge is 0.399 e. The number of fused-ring (bicyclic) bond motifs is 1. The number of nitrogens with zero attached hydrogens (tertiary/aromatic N) is 1. The van der Waals surface area contributed by atoms with Gasteiger partial charge in [0.05, 0.1) is 6.21 Å². The second kappa shape index (κ2) is 6.94. The van der Waals surface area contributed by atoms with Crippen LogP contribution in [-0.4, -0.2) is 13.3 Å². The molecular formula is C23H21NO. The molecule has 25 heavy (non-hydrogen) atoms. The van der Waals surface area contributed by atoms with Crippen molar-refractivity contribution in [3.8, 4) is 0 Å². The summed E-state index contributed by atoms with van der Waals surface area (Å²) in [6.07, 6.45) is 2.89. The van der Waals surface area contributed by atoms with Crippen molar-refractivity contribution in [2.45, 2.75) is 18.3 Å². The summed E-state index contributed by atoms with van der Waals surface area (Å²) in [7, 11) is 1.58. The molecule has 0 saturated carbocycles. The van der Waals surface area contributed by atoms with Crippen LogP contribution in [0.1, 0.15) is 39.7 Å². The van der Waals surface area contributed by atoms with Crippen molar-refractivity contribution in [3.05, 3.63) is 107 Å². The first-order chi connectivity index (χ1) is 12.4. The van der Waals surface area contributed by atoms with Crippen LogP contribution < -0.4 is 0 Å². The first-order valence-corrected chi connectivity index (χ1v) is 8.66. The van der Waals surface area contributed by atoms with E-state index in [2.05, 4.69) is 84.0 Å². The third-order valence-corrected chi connectivity index (χ3v) is 5.09.